The van der Waals surface area contributed by atoms with Crippen molar-refractivity contribution in [3.63, 3.8) is 0 Å². The van der Waals surface area contributed by atoms with Gasteiger partial charge < -0.3 is 11.1 Å². The highest BCUT2D eigenvalue weighted by atomic mass is 32.2. The van der Waals surface area contributed by atoms with Gasteiger partial charge in [-0.05, 0) is 37.2 Å². The lowest BCUT2D eigenvalue weighted by Crippen LogP contribution is -2.08. The molecule has 0 spiro atoms. The fourth-order valence-electron chi connectivity index (χ4n) is 1.28. The van der Waals surface area contributed by atoms with Crippen LogP contribution in [0.1, 0.15) is 13.3 Å². The molecule has 1 aromatic carbocycles. The third-order valence-corrected chi connectivity index (χ3v) is 4.05. The van der Waals surface area contributed by atoms with Gasteiger partial charge in [-0.3, -0.25) is 0 Å². The highest BCUT2D eigenvalue weighted by molar-refractivity contribution is 7.91. The molecule has 1 aromatic rings. The Labute approximate surface area is 96.8 Å². The first-order valence-electron chi connectivity index (χ1n) is 5.37. The van der Waals surface area contributed by atoms with E-state index < -0.39 is 9.84 Å². The molecular weight excluding hydrogens is 224 g/mol. The molecule has 0 amide bonds. The van der Waals surface area contributed by atoms with Gasteiger partial charge in [0.25, 0.3) is 0 Å². The maximum atomic E-state index is 11.5. The Morgan fingerprint density at radius 2 is 1.88 bits per heavy atom. The minimum atomic E-state index is -3.09. The van der Waals surface area contributed by atoms with E-state index in [9.17, 15) is 8.42 Å². The van der Waals surface area contributed by atoms with Crippen molar-refractivity contribution < 1.29 is 8.42 Å². The van der Waals surface area contributed by atoms with Crippen LogP contribution in [-0.4, -0.2) is 27.3 Å². The summed E-state index contributed by atoms with van der Waals surface area (Å²) in [5, 5.41) is 3.17. The van der Waals surface area contributed by atoms with E-state index in [2.05, 4.69) is 5.32 Å². The average Bonchev–Trinajstić information content (AvgIpc) is 2.30. The lowest BCUT2D eigenvalue weighted by molar-refractivity contribution is 0.597. The molecule has 16 heavy (non-hydrogen) atoms. The normalized spacial score (nSPS) is 11.4. The summed E-state index contributed by atoms with van der Waals surface area (Å²) in [5.41, 5.74) is 6.29. The highest BCUT2D eigenvalue weighted by Gasteiger charge is 2.10. The van der Waals surface area contributed by atoms with Crippen molar-refractivity contribution in [3.05, 3.63) is 24.3 Å². The number of anilines is 1. The first-order valence-corrected chi connectivity index (χ1v) is 7.02. The molecule has 3 N–H and O–H groups in total. The summed E-state index contributed by atoms with van der Waals surface area (Å²) in [4.78, 5) is 0.374. The van der Waals surface area contributed by atoms with Crippen molar-refractivity contribution in [3.8, 4) is 0 Å². The van der Waals surface area contributed by atoms with Gasteiger partial charge in [0, 0.05) is 12.2 Å². The van der Waals surface area contributed by atoms with Crippen LogP contribution in [0.2, 0.25) is 0 Å². The smallest absolute Gasteiger partial charge is 0.178 e. The van der Waals surface area contributed by atoms with Gasteiger partial charge in [0.05, 0.1) is 10.6 Å². The molecule has 4 nitrogen and oxygen atoms in total. The van der Waals surface area contributed by atoms with Crippen molar-refractivity contribution in [2.24, 2.45) is 5.73 Å². The van der Waals surface area contributed by atoms with Gasteiger partial charge in [-0.2, -0.15) is 0 Å². The van der Waals surface area contributed by atoms with Gasteiger partial charge in [-0.1, -0.05) is 6.92 Å². The molecule has 0 saturated carbocycles. The lowest BCUT2D eigenvalue weighted by atomic mass is 10.3. The molecule has 0 atom stereocenters. The molecule has 0 aliphatic carbocycles. The molecule has 0 saturated heterocycles. The van der Waals surface area contributed by atoms with Gasteiger partial charge >= 0.3 is 0 Å². The van der Waals surface area contributed by atoms with E-state index in [1.165, 1.54) is 0 Å². The van der Waals surface area contributed by atoms with E-state index in [-0.39, 0.29) is 5.75 Å². The molecule has 1 rings (SSSR count). The summed E-state index contributed by atoms with van der Waals surface area (Å²) in [6.07, 6.45) is 0.898. The van der Waals surface area contributed by atoms with Crippen molar-refractivity contribution >= 4 is 15.5 Å². The molecule has 0 aromatic heterocycles. The Kier molecular flexibility index (Phi) is 4.76. The van der Waals surface area contributed by atoms with Gasteiger partial charge in [0.2, 0.25) is 0 Å². The number of rotatable bonds is 6. The predicted octanol–water partition coefficient (Wildman–Crippen LogP) is 1.24. The summed E-state index contributed by atoms with van der Waals surface area (Å²) in [6, 6.07) is 6.81. The van der Waals surface area contributed by atoms with Gasteiger partial charge in [-0.15, -0.1) is 0 Å². The second-order valence-electron chi connectivity index (χ2n) is 3.50. The van der Waals surface area contributed by atoms with Crippen LogP contribution >= 0.6 is 0 Å². The number of nitrogens with two attached hydrogens (primary N) is 1. The Hall–Kier alpha value is -1.07. The molecule has 5 heteroatoms. The van der Waals surface area contributed by atoms with E-state index in [4.69, 9.17) is 5.73 Å². The summed E-state index contributed by atoms with van der Waals surface area (Å²) in [6.45, 7) is 3.09. The zero-order valence-electron chi connectivity index (χ0n) is 9.44. The number of nitrogens with one attached hydrogen (secondary N) is 1. The second-order valence-corrected chi connectivity index (χ2v) is 5.78. The largest absolute Gasteiger partial charge is 0.385 e. The van der Waals surface area contributed by atoms with Crippen LogP contribution < -0.4 is 11.1 Å². The fourth-order valence-corrected chi connectivity index (χ4v) is 2.17. The Bertz CT molecular complexity index is 412. The lowest BCUT2D eigenvalue weighted by Gasteiger charge is -2.06. The van der Waals surface area contributed by atoms with Crippen LogP contribution in [0.25, 0.3) is 0 Å². The summed E-state index contributed by atoms with van der Waals surface area (Å²) >= 11 is 0. The van der Waals surface area contributed by atoms with Crippen LogP contribution in [0.5, 0.6) is 0 Å². The van der Waals surface area contributed by atoms with Gasteiger partial charge in [0.1, 0.15) is 0 Å². The summed E-state index contributed by atoms with van der Waals surface area (Å²) in [5.74, 6) is 0.132. The van der Waals surface area contributed by atoms with E-state index in [1.807, 2.05) is 0 Å². The minimum Gasteiger partial charge on any atom is -0.385 e. The first-order chi connectivity index (χ1) is 7.60. The van der Waals surface area contributed by atoms with Crippen LogP contribution in [-0.2, 0) is 9.84 Å². The van der Waals surface area contributed by atoms with Gasteiger partial charge in [-0.25, -0.2) is 8.42 Å². The maximum Gasteiger partial charge on any atom is 0.178 e. The third kappa shape index (κ3) is 3.50. The number of benzene rings is 1. The monoisotopic (exact) mass is 242 g/mol. The Morgan fingerprint density at radius 3 is 2.38 bits per heavy atom. The maximum absolute atomic E-state index is 11.5. The molecule has 0 unspecified atom stereocenters. The Balaban J connectivity index is 2.68. The molecular formula is C11H18N2O2S. The van der Waals surface area contributed by atoms with Crippen molar-refractivity contribution in [2.45, 2.75) is 18.2 Å². The third-order valence-electron chi connectivity index (χ3n) is 2.30. The first kappa shape index (κ1) is 13.0. The minimum absolute atomic E-state index is 0.132. The molecule has 0 heterocycles. The van der Waals surface area contributed by atoms with Gasteiger partial charge in [0.15, 0.2) is 9.84 Å². The number of hydrogen-bond acceptors (Lipinski definition) is 4. The predicted molar refractivity (Wildman–Crippen MR) is 66.3 cm³/mol. The van der Waals surface area contributed by atoms with Crippen LogP contribution in [0.3, 0.4) is 0 Å². The zero-order chi connectivity index (χ0) is 12.0. The molecule has 0 aliphatic heterocycles. The summed E-state index contributed by atoms with van der Waals surface area (Å²) < 4.78 is 23.1. The van der Waals surface area contributed by atoms with Crippen molar-refractivity contribution in [1.82, 2.24) is 0 Å². The zero-order valence-corrected chi connectivity index (χ0v) is 10.3. The summed E-state index contributed by atoms with van der Waals surface area (Å²) in [7, 11) is -3.09. The second kappa shape index (κ2) is 5.86. The highest BCUT2D eigenvalue weighted by Crippen LogP contribution is 2.15. The Morgan fingerprint density at radius 1 is 1.25 bits per heavy atom. The fraction of sp³-hybridized carbons (Fsp3) is 0.455. The van der Waals surface area contributed by atoms with Crippen LogP contribution in [0.4, 0.5) is 5.69 Å². The van der Waals surface area contributed by atoms with E-state index in [0.717, 1.165) is 18.7 Å². The standard InChI is InChI=1S/C11H18N2O2S/c1-2-16(14,15)11-6-4-10(5-7-11)13-9-3-8-12/h4-7,13H,2-3,8-9,12H2,1H3. The number of sulfone groups is 1. The molecule has 0 radical (unpaired) electrons. The van der Waals surface area contributed by atoms with Crippen molar-refractivity contribution in [1.29, 1.82) is 0 Å². The molecule has 90 valence electrons. The van der Waals surface area contributed by atoms with E-state index in [1.54, 1.807) is 31.2 Å². The molecule has 0 fully saturated rings. The quantitative estimate of drug-likeness (QED) is 0.736. The SMILES string of the molecule is CCS(=O)(=O)c1ccc(NCCCN)cc1. The average molecular weight is 242 g/mol. The molecule has 0 aliphatic rings. The van der Waals surface area contributed by atoms with E-state index >= 15 is 0 Å². The number of hydrogen-bond donors (Lipinski definition) is 2. The molecule has 0 bridgehead atoms. The van der Waals surface area contributed by atoms with E-state index in [0.29, 0.717) is 11.4 Å². The van der Waals surface area contributed by atoms with Crippen LogP contribution in [0.15, 0.2) is 29.2 Å². The van der Waals surface area contributed by atoms with Crippen molar-refractivity contribution in [2.75, 3.05) is 24.2 Å². The van der Waals surface area contributed by atoms with Crippen LogP contribution in [0, 0.1) is 0 Å². The topological polar surface area (TPSA) is 72.2 Å².